The molecule has 25 heteroatoms. The SMILES string of the molecule is Nc1nc2c(ncn2[C@@H]2S[C@@H]3COP(=S)(S)O[C@H]4[C@H]5OCC4(COP(=O)(O)O[C@@H]2[C@@H]3O)O[C@H]5n2cnc3c(N)ncnc32)c(=O)[nH]1. The molecule has 8 heterocycles. The summed E-state index contributed by atoms with van der Waals surface area (Å²) in [4.78, 5) is 46.5. The van der Waals surface area contributed by atoms with Crippen LogP contribution in [0.1, 0.15) is 11.6 Å². The second-order valence-electron chi connectivity index (χ2n) is 10.9. The van der Waals surface area contributed by atoms with Crippen LogP contribution in [0, 0.1) is 0 Å². The van der Waals surface area contributed by atoms with Crippen molar-refractivity contribution in [3.63, 3.8) is 0 Å². The number of anilines is 2. The molecule has 4 aromatic heterocycles. The molecule has 4 aliphatic rings. The number of nitrogens with one attached hydrogen (secondary N) is 1. The first kappa shape index (κ1) is 31.1. The number of H-pyrrole nitrogens is 1. The predicted molar refractivity (Wildman–Crippen MR) is 166 cm³/mol. The summed E-state index contributed by atoms with van der Waals surface area (Å²) >= 11 is 11.3. The highest BCUT2D eigenvalue weighted by Gasteiger charge is 2.65. The second-order valence-corrected chi connectivity index (χ2v) is 18.9. The lowest BCUT2D eigenvalue weighted by Gasteiger charge is -2.33. The van der Waals surface area contributed by atoms with Gasteiger partial charge in [0.25, 0.3) is 5.56 Å². The van der Waals surface area contributed by atoms with Crippen LogP contribution in [-0.4, -0.2) is 104 Å². The summed E-state index contributed by atoms with van der Waals surface area (Å²) in [5.41, 5.74) is 6.98. The molecule has 10 atom stereocenters. The van der Waals surface area contributed by atoms with Crippen molar-refractivity contribution in [2.75, 3.05) is 31.3 Å². The smallest absolute Gasteiger partial charge is 0.389 e. The van der Waals surface area contributed by atoms with Crippen molar-refractivity contribution in [2.45, 2.75) is 46.9 Å². The van der Waals surface area contributed by atoms with Gasteiger partial charge < -0.3 is 40.0 Å². The van der Waals surface area contributed by atoms with Crippen molar-refractivity contribution >= 4 is 83.4 Å². The minimum Gasteiger partial charge on any atom is -0.389 e. The summed E-state index contributed by atoms with van der Waals surface area (Å²) < 4.78 is 52.4. The van der Waals surface area contributed by atoms with Gasteiger partial charge in [0.1, 0.15) is 41.1 Å². The van der Waals surface area contributed by atoms with E-state index in [1.165, 1.54) is 23.5 Å². The van der Waals surface area contributed by atoms with E-state index < -0.39 is 72.6 Å². The molecule has 0 aromatic carbocycles. The Kier molecular flexibility index (Phi) is 7.35. The molecule has 0 saturated carbocycles. The minimum atomic E-state index is -4.94. The predicted octanol–water partition coefficient (Wildman–Crippen LogP) is -0.163. The molecule has 20 nitrogen and oxygen atoms in total. The molecular weight excluding hydrogens is 710 g/mol. The monoisotopic (exact) mass is 734 g/mol. The van der Waals surface area contributed by atoms with E-state index in [0.29, 0.717) is 11.2 Å². The lowest BCUT2D eigenvalue weighted by atomic mass is 10.0. The molecule has 8 rings (SSSR count). The summed E-state index contributed by atoms with van der Waals surface area (Å²) in [7, 11) is -4.94. The third-order valence-corrected chi connectivity index (χ3v) is 12.7. The molecule has 246 valence electrons. The number of nitrogen functional groups attached to an aromatic ring is 2. The van der Waals surface area contributed by atoms with E-state index in [2.05, 4.69) is 42.2 Å². The number of hydrogen-bond donors (Lipinski definition) is 6. The van der Waals surface area contributed by atoms with Crippen molar-refractivity contribution < 1.29 is 42.1 Å². The van der Waals surface area contributed by atoms with Gasteiger partial charge in [0.15, 0.2) is 28.9 Å². The van der Waals surface area contributed by atoms with Crippen LogP contribution in [0.25, 0.3) is 22.3 Å². The zero-order valence-corrected chi connectivity index (χ0v) is 27.3. The van der Waals surface area contributed by atoms with Gasteiger partial charge in [-0.1, -0.05) is 12.2 Å². The van der Waals surface area contributed by atoms with Crippen LogP contribution in [0.15, 0.2) is 23.8 Å². The highest BCUT2D eigenvalue weighted by atomic mass is 32.9. The Morgan fingerprint density at radius 3 is 2.70 bits per heavy atom. The van der Waals surface area contributed by atoms with E-state index in [0.717, 1.165) is 11.8 Å². The molecule has 46 heavy (non-hydrogen) atoms. The number of rotatable bonds is 2. The van der Waals surface area contributed by atoms with Crippen molar-refractivity contribution in [1.82, 2.24) is 39.0 Å². The molecule has 4 bridgehead atoms. The summed E-state index contributed by atoms with van der Waals surface area (Å²) in [5, 5.41) is 9.60. The van der Waals surface area contributed by atoms with E-state index >= 15 is 0 Å². The quantitative estimate of drug-likeness (QED) is 0.115. The number of imidazole rings is 2. The van der Waals surface area contributed by atoms with Gasteiger partial charge >= 0.3 is 7.82 Å². The number of thioether (sulfide) groups is 1. The van der Waals surface area contributed by atoms with Crippen LogP contribution >= 0.6 is 37.5 Å². The van der Waals surface area contributed by atoms with Crippen molar-refractivity contribution in [2.24, 2.45) is 0 Å². The number of thiol groups is 1. The lowest BCUT2D eigenvalue weighted by Crippen LogP contribution is -2.45. The van der Waals surface area contributed by atoms with Crippen LogP contribution in [0.2, 0.25) is 0 Å². The Hall–Kier alpha value is -2.24. The Bertz CT molecular complexity index is 2030. The van der Waals surface area contributed by atoms with Crippen LogP contribution in [0.3, 0.4) is 0 Å². The first-order valence-electron chi connectivity index (χ1n) is 13.4. The van der Waals surface area contributed by atoms with Crippen molar-refractivity contribution in [1.29, 1.82) is 0 Å². The van der Waals surface area contributed by atoms with Crippen molar-refractivity contribution in [3.8, 4) is 0 Å². The summed E-state index contributed by atoms with van der Waals surface area (Å²) in [6.45, 7) is -0.863. The molecule has 0 aliphatic carbocycles. The maximum Gasteiger partial charge on any atom is 0.472 e. The molecule has 0 amide bonds. The number of nitrogens with zero attached hydrogens (tertiary/aromatic N) is 7. The summed E-state index contributed by atoms with van der Waals surface area (Å²) in [6.07, 6.45) is -1.44. The third-order valence-electron chi connectivity index (χ3n) is 8.05. The van der Waals surface area contributed by atoms with E-state index in [4.69, 9.17) is 50.8 Å². The fourth-order valence-electron chi connectivity index (χ4n) is 5.97. The van der Waals surface area contributed by atoms with Crippen LogP contribution in [0.4, 0.5) is 11.8 Å². The van der Waals surface area contributed by atoms with Gasteiger partial charge in [-0.15, -0.1) is 11.8 Å². The number of fused-ring (bicyclic) bond motifs is 4. The van der Waals surface area contributed by atoms with Gasteiger partial charge in [0.05, 0.1) is 43.8 Å². The highest BCUT2D eigenvalue weighted by Crippen LogP contribution is 2.62. The van der Waals surface area contributed by atoms with E-state index in [-0.39, 0.29) is 36.1 Å². The lowest BCUT2D eigenvalue weighted by molar-refractivity contribution is -0.184. The number of aliphatic hydroxyl groups excluding tert-OH is 1. The van der Waals surface area contributed by atoms with Gasteiger partial charge in [-0.25, -0.2) is 24.5 Å². The average Bonchev–Trinajstić information content (AvgIpc) is 3.80. The number of ether oxygens (including phenoxy) is 2. The third kappa shape index (κ3) is 5.00. The largest absolute Gasteiger partial charge is 0.472 e. The first-order valence-corrected chi connectivity index (χ1v) is 19.7. The maximum absolute atomic E-state index is 13.5. The Balaban J connectivity index is 1.14. The molecule has 0 radical (unpaired) electrons. The fraction of sp³-hybridized carbons (Fsp3) is 0.524. The van der Waals surface area contributed by atoms with E-state index in [1.54, 1.807) is 4.57 Å². The highest BCUT2D eigenvalue weighted by molar-refractivity contribution is 8.60. The van der Waals surface area contributed by atoms with Gasteiger partial charge in [0, 0.05) is 0 Å². The number of aromatic amines is 1. The van der Waals surface area contributed by atoms with E-state index in [1.807, 2.05) is 0 Å². The van der Waals surface area contributed by atoms with Gasteiger partial charge in [-0.3, -0.25) is 28.0 Å². The minimum absolute atomic E-state index is 0.0338. The van der Waals surface area contributed by atoms with Gasteiger partial charge in [-0.2, -0.15) is 4.98 Å². The van der Waals surface area contributed by atoms with Gasteiger partial charge in [-0.05, 0) is 11.8 Å². The molecule has 4 fully saturated rings. The van der Waals surface area contributed by atoms with Crippen LogP contribution in [-0.2, 0) is 43.9 Å². The normalized spacial score (nSPS) is 39.7. The second kappa shape index (κ2) is 10.9. The molecule has 4 aromatic rings. The number of phosphoric acid groups is 1. The number of hydrogen-bond acceptors (Lipinski definition) is 18. The fourth-order valence-corrected chi connectivity index (χ4v) is 10.6. The molecule has 0 spiro atoms. The van der Waals surface area contributed by atoms with Crippen molar-refractivity contribution in [3.05, 3.63) is 29.3 Å². The maximum atomic E-state index is 13.5. The standard InChI is InChI=1S/C21H24N10O10P2S3/c22-14-8-15(25-4-24-14)30(5-26-8)18-12-13-21(39-18,2-36-12)3-38-42(34,35)40-11-10(32)7(1-37-43(44,45)41-13)46-19(11)31-6-27-9-16(31)28-20(23)29-17(9)33/h4-7,10-13,18-19,32H,1-3H2,(H,34,35)(H,44,45)(H2,22,24,25)(H3,23,28,29,33)/t7-,10-,11-,12-,13+,18-,19-,21?/m1/s1. The Morgan fingerprint density at radius 2 is 1.87 bits per heavy atom. The number of phosphoric ester groups is 1. The molecular formula is C21H24N10O10P2S3. The number of aliphatic hydroxyl groups is 1. The first-order chi connectivity index (χ1) is 21.8. The zero-order chi connectivity index (χ0) is 32.2. The Morgan fingerprint density at radius 1 is 1.09 bits per heavy atom. The van der Waals surface area contributed by atoms with Gasteiger partial charge in [0.2, 0.25) is 11.6 Å². The molecule has 4 aliphatic heterocycles. The van der Waals surface area contributed by atoms with Crippen LogP contribution < -0.4 is 17.0 Å². The number of aromatic nitrogens is 8. The summed E-state index contributed by atoms with van der Waals surface area (Å²) in [6, 6.07) is 0. The average molecular weight is 735 g/mol. The van der Waals surface area contributed by atoms with Crippen LogP contribution in [0.5, 0.6) is 0 Å². The molecule has 7 N–H and O–H groups in total. The topological polar surface area (TPSA) is 272 Å². The van der Waals surface area contributed by atoms with E-state index in [9.17, 15) is 19.4 Å². The molecule has 3 unspecified atom stereocenters. The number of nitrogens with two attached hydrogens (primary N) is 2. The zero-order valence-electron chi connectivity index (χ0n) is 23.0. The summed E-state index contributed by atoms with van der Waals surface area (Å²) in [5.74, 6) is -0.0137. The Labute approximate surface area is 271 Å². The molecule has 4 saturated heterocycles.